The van der Waals surface area contributed by atoms with E-state index in [4.69, 9.17) is 0 Å². The van der Waals surface area contributed by atoms with E-state index in [0.29, 0.717) is 5.92 Å². The lowest BCUT2D eigenvalue weighted by Crippen LogP contribution is -2.17. The van der Waals surface area contributed by atoms with Crippen LogP contribution < -0.4 is 0 Å². The summed E-state index contributed by atoms with van der Waals surface area (Å²) in [6.07, 6.45) is 15.7. The maximum Gasteiger partial charge on any atom is 0.0216 e. The Morgan fingerprint density at radius 3 is 2.86 bits per heavy atom. The van der Waals surface area contributed by atoms with Crippen LogP contribution in [0.4, 0.5) is 0 Å². The maximum atomic E-state index is 2.60. The summed E-state index contributed by atoms with van der Waals surface area (Å²) in [5, 5.41) is 0. The van der Waals surface area contributed by atoms with Gasteiger partial charge in [0.25, 0.3) is 0 Å². The van der Waals surface area contributed by atoms with Gasteiger partial charge in [0.15, 0.2) is 0 Å². The van der Waals surface area contributed by atoms with Gasteiger partial charge in [-0.2, -0.15) is 0 Å². The predicted molar refractivity (Wildman–Crippen MR) is 70.7 cm³/mol. The molecule has 0 aliphatic heterocycles. The molecule has 0 amide bonds. The summed E-state index contributed by atoms with van der Waals surface area (Å²) in [5.41, 5.74) is 1.54. The summed E-state index contributed by atoms with van der Waals surface area (Å²) < 4.78 is 0.793. The van der Waals surface area contributed by atoms with Crippen molar-refractivity contribution in [2.75, 3.05) is 0 Å². The zero-order valence-electron chi connectivity index (χ0n) is 8.62. The first-order valence-electron chi connectivity index (χ1n) is 5.46. The Bertz CT molecular complexity index is 286. The first kappa shape index (κ1) is 10.5. The van der Waals surface area contributed by atoms with Crippen LogP contribution in [0.5, 0.6) is 0 Å². The van der Waals surface area contributed by atoms with E-state index in [1.165, 1.54) is 19.3 Å². The minimum Gasteiger partial charge on any atom is -0.0878 e. The Morgan fingerprint density at radius 1 is 1.36 bits per heavy atom. The lowest BCUT2D eigenvalue weighted by atomic mass is 9.85. The average Bonchev–Trinajstić information content (AvgIpc) is 2.20. The van der Waals surface area contributed by atoms with Crippen molar-refractivity contribution >= 4 is 22.6 Å². The van der Waals surface area contributed by atoms with Gasteiger partial charge in [0, 0.05) is 9.84 Å². The Balaban J connectivity index is 2.11. The standard InChI is InChI=1S/C13H17I/c1-10-6-8-11(9-7-10)12-4-2-3-5-13(12)14/h2,4,6,8-10,12-13H,3,5,7H2,1H3. The van der Waals surface area contributed by atoms with Crippen LogP contribution in [-0.4, -0.2) is 3.92 Å². The summed E-state index contributed by atoms with van der Waals surface area (Å²) in [6, 6.07) is 0. The molecule has 14 heavy (non-hydrogen) atoms. The van der Waals surface area contributed by atoms with Gasteiger partial charge in [0.05, 0.1) is 0 Å². The largest absolute Gasteiger partial charge is 0.0878 e. The molecule has 76 valence electrons. The number of alkyl halides is 1. The Morgan fingerprint density at radius 2 is 2.21 bits per heavy atom. The smallest absolute Gasteiger partial charge is 0.0216 e. The first-order chi connectivity index (χ1) is 6.77. The van der Waals surface area contributed by atoms with Crippen molar-refractivity contribution < 1.29 is 0 Å². The molecule has 2 rings (SSSR count). The Hall–Kier alpha value is -0.0500. The van der Waals surface area contributed by atoms with Crippen molar-refractivity contribution in [3.8, 4) is 0 Å². The predicted octanol–water partition coefficient (Wildman–Crippen LogP) is 4.28. The minimum atomic E-state index is 0.674. The summed E-state index contributed by atoms with van der Waals surface area (Å²) in [6.45, 7) is 2.28. The molecule has 0 spiro atoms. The van der Waals surface area contributed by atoms with E-state index in [-0.39, 0.29) is 0 Å². The molecule has 2 aliphatic carbocycles. The minimum absolute atomic E-state index is 0.674. The number of hydrogen-bond acceptors (Lipinski definition) is 0. The Labute approximate surface area is 100 Å². The highest BCUT2D eigenvalue weighted by Crippen LogP contribution is 2.33. The fourth-order valence-corrected chi connectivity index (χ4v) is 3.12. The molecule has 0 aromatic heterocycles. The molecular formula is C13H17I. The zero-order valence-corrected chi connectivity index (χ0v) is 10.8. The molecule has 1 heteroatoms. The van der Waals surface area contributed by atoms with E-state index in [0.717, 1.165) is 9.84 Å². The number of hydrogen-bond donors (Lipinski definition) is 0. The summed E-state index contributed by atoms with van der Waals surface area (Å²) >= 11 is 2.60. The van der Waals surface area contributed by atoms with Crippen LogP contribution in [0.1, 0.15) is 26.2 Å². The molecule has 0 aromatic rings. The SMILES string of the molecule is CC1C=CC(C2C=CCCC2I)=CC1. The highest BCUT2D eigenvalue weighted by atomic mass is 127. The maximum absolute atomic E-state index is 2.60. The van der Waals surface area contributed by atoms with E-state index in [2.05, 4.69) is 59.9 Å². The highest BCUT2D eigenvalue weighted by Gasteiger charge is 2.22. The topological polar surface area (TPSA) is 0 Å². The first-order valence-corrected chi connectivity index (χ1v) is 6.71. The summed E-state index contributed by atoms with van der Waals surface area (Å²) in [4.78, 5) is 0. The van der Waals surface area contributed by atoms with Gasteiger partial charge >= 0.3 is 0 Å². The molecule has 0 saturated carbocycles. The molecule has 0 fully saturated rings. The van der Waals surface area contributed by atoms with Crippen LogP contribution in [0.15, 0.2) is 36.0 Å². The molecular weight excluding hydrogens is 283 g/mol. The lowest BCUT2D eigenvalue weighted by Gasteiger charge is -2.26. The van der Waals surface area contributed by atoms with Crippen molar-refractivity contribution in [1.29, 1.82) is 0 Å². The van der Waals surface area contributed by atoms with Crippen molar-refractivity contribution in [2.24, 2.45) is 11.8 Å². The third-order valence-corrected chi connectivity index (χ3v) is 4.47. The van der Waals surface area contributed by atoms with Gasteiger partial charge in [0.1, 0.15) is 0 Å². The van der Waals surface area contributed by atoms with E-state index < -0.39 is 0 Å². The molecule has 0 saturated heterocycles. The van der Waals surface area contributed by atoms with Crippen LogP contribution in [0, 0.1) is 11.8 Å². The van der Waals surface area contributed by atoms with Crippen LogP contribution in [0.25, 0.3) is 0 Å². The van der Waals surface area contributed by atoms with Crippen molar-refractivity contribution in [3.63, 3.8) is 0 Å². The fraction of sp³-hybridized carbons (Fsp3) is 0.538. The number of rotatable bonds is 1. The van der Waals surface area contributed by atoms with Crippen LogP contribution in [-0.2, 0) is 0 Å². The highest BCUT2D eigenvalue weighted by molar-refractivity contribution is 14.1. The van der Waals surface area contributed by atoms with Crippen molar-refractivity contribution in [1.82, 2.24) is 0 Å². The van der Waals surface area contributed by atoms with Gasteiger partial charge in [-0.15, -0.1) is 0 Å². The molecule has 0 bridgehead atoms. The van der Waals surface area contributed by atoms with E-state index >= 15 is 0 Å². The van der Waals surface area contributed by atoms with Crippen molar-refractivity contribution in [2.45, 2.75) is 30.1 Å². The molecule has 0 N–H and O–H groups in total. The van der Waals surface area contributed by atoms with Gasteiger partial charge in [-0.05, 0) is 30.8 Å². The molecule has 3 atom stereocenters. The normalized spacial score (nSPS) is 37.0. The number of allylic oxidation sites excluding steroid dienone is 6. The molecule has 2 aliphatic rings. The monoisotopic (exact) mass is 300 g/mol. The van der Waals surface area contributed by atoms with Crippen LogP contribution >= 0.6 is 22.6 Å². The molecule has 0 nitrogen and oxygen atoms in total. The third-order valence-electron chi connectivity index (χ3n) is 3.07. The van der Waals surface area contributed by atoms with Gasteiger partial charge < -0.3 is 0 Å². The van der Waals surface area contributed by atoms with Gasteiger partial charge in [-0.25, -0.2) is 0 Å². The second-order valence-corrected chi connectivity index (χ2v) is 5.92. The van der Waals surface area contributed by atoms with E-state index in [1.807, 2.05) is 0 Å². The quantitative estimate of drug-likeness (QED) is 0.385. The van der Waals surface area contributed by atoms with E-state index in [9.17, 15) is 0 Å². The summed E-state index contributed by atoms with van der Waals surface area (Å²) in [7, 11) is 0. The van der Waals surface area contributed by atoms with Gasteiger partial charge in [-0.1, -0.05) is 59.9 Å². The fourth-order valence-electron chi connectivity index (χ4n) is 2.11. The molecule has 0 heterocycles. The second kappa shape index (κ2) is 4.65. The third kappa shape index (κ3) is 2.30. The lowest BCUT2D eigenvalue weighted by molar-refractivity contribution is 0.635. The van der Waals surface area contributed by atoms with Crippen molar-refractivity contribution in [3.05, 3.63) is 36.0 Å². The Kier molecular flexibility index (Phi) is 3.47. The van der Waals surface area contributed by atoms with E-state index in [1.54, 1.807) is 5.57 Å². The molecule has 0 radical (unpaired) electrons. The van der Waals surface area contributed by atoms with Gasteiger partial charge in [0.2, 0.25) is 0 Å². The average molecular weight is 300 g/mol. The molecule has 3 unspecified atom stereocenters. The van der Waals surface area contributed by atoms with Crippen LogP contribution in [0.2, 0.25) is 0 Å². The zero-order chi connectivity index (χ0) is 9.97. The summed E-state index contributed by atoms with van der Waals surface area (Å²) in [5.74, 6) is 1.41. The van der Waals surface area contributed by atoms with Gasteiger partial charge in [-0.3, -0.25) is 0 Å². The molecule has 0 aromatic carbocycles. The second-order valence-electron chi connectivity index (χ2n) is 4.32. The van der Waals surface area contributed by atoms with Crippen LogP contribution in [0.3, 0.4) is 0 Å². The number of halogens is 1.